The number of ether oxygens (including phenoxy) is 1. The quantitative estimate of drug-likeness (QED) is 0.559. The summed E-state index contributed by atoms with van der Waals surface area (Å²) >= 11 is 0. The van der Waals surface area contributed by atoms with Crippen molar-refractivity contribution in [2.45, 2.75) is 70.9 Å². The van der Waals surface area contributed by atoms with Crippen LogP contribution in [0.4, 0.5) is 0 Å². The Hall–Kier alpha value is -2.06. The van der Waals surface area contributed by atoms with Crippen molar-refractivity contribution in [3.8, 4) is 5.75 Å². The highest BCUT2D eigenvalue weighted by atomic mass is 16.5. The van der Waals surface area contributed by atoms with Crippen LogP contribution in [0.15, 0.2) is 60.2 Å². The van der Waals surface area contributed by atoms with Crippen molar-refractivity contribution in [2.75, 3.05) is 7.11 Å². The summed E-state index contributed by atoms with van der Waals surface area (Å²) in [5.41, 5.74) is 7.51. The van der Waals surface area contributed by atoms with Crippen LogP contribution >= 0.6 is 0 Å². The van der Waals surface area contributed by atoms with Crippen LogP contribution in [0.3, 0.4) is 0 Å². The SMILES string of the molecule is C=CC1(C2Cc3cccc(OC)c3C3=C2C2C(C)=CC(C)(C)NC2C=C3)CCCCC1. The number of methoxy groups -OCH3 is 1. The molecule has 1 heterocycles. The van der Waals surface area contributed by atoms with Crippen molar-refractivity contribution in [2.24, 2.45) is 17.3 Å². The maximum absolute atomic E-state index is 5.87. The van der Waals surface area contributed by atoms with E-state index in [1.807, 2.05) is 0 Å². The Labute approximate surface area is 188 Å². The van der Waals surface area contributed by atoms with Crippen molar-refractivity contribution in [3.05, 3.63) is 71.4 Å². The molecule has 164 valence electrons. The van der Waals surface area contributed by atoms with E-state index < -0.39 is 0 Å². The van der Waals surface area contributed by atoms with E-state index in [0.29, 0.717) is 17.9 Å². The molecule has 0 spiro atoms. The van der Waals surface area contributed by atoms with Crippen molar-refractivity contribution >= 4 is 5.57 Å². The first-order valence-electron chi connectivity index (χ1n) is 12.1. The fourth-order valence-electron chi connectivity index (χ4n) is 7.16. The Kier molecular flexibility index (Phi) is 5.05. The van der Waals surface area contributed by atoms with Gasteiger partial charge in [0.2, 0.25) is 0 Å². The molecular weight excluding hydrogens is 378 g/mol. The van der Waals surface area contributed by atoms with Crippen LogP contribution in [-0.2, 0) is 6.42 Å². The first-order chi connectivity index (χ1) is 14.9. The van der Waals surface area contributed by atoms with Gasteiger partial charge in [-0.15, -0.1) is 6.58 Å². The largest absolute Gasteiger partial charge is 0.496 e. The van der Waals surface area contributed by atoms with Gasteiger partial charge in [0.15, 0.2) is 0 Å². The van der Waals surface area contributed by atoms with E-state index in [1.165, 1.54) is 54.4 Å². The summed E-state index contributed by atoms with van der Waals surface area (Å²) in [6, 6.07) is 6.95. The highest BCUT2D eigenvalue weighted by Gasteiger charge is 2.48. The minimum atomic E-state index is 0.0222. The van der Waals surface area contributed by atoms with E-state index in [-0.39, 0.29) is 11.0 Å². The Bertz CT molecular complexity index is 986. The van der Waals surface area contributed by atoms with E-state index in [9.17, 15) is 0 Å². The lowest BCUT2D eigenvalue weighted by molar-refractivity contribution is 0.166. The average molecular weight is 416 g/mol. The van der Waals surface area contributed by atoms with Gasteiger partial charge >= 0.3 is 0 Å². The van der Waals surface area contributed by atoms with Gasteiger partial charge in [-0.1, -0.05) is 61.3 Å². The summed E-state index contributed by atoms with van der Waals surface area (Å²) in [6.45, 7) is 11.3. The summed E-state index contributed by atoms with van der Waals surface area (Å²) in [4.78, 5) is 0. The third-order valence-corrected chi connectivity index (χ3v) is 8.38. The molecule has 1 aromatic rings. The molecule has 2 heteroatoms. The smallest absolute Gasteiger partial charge is 0.126 e. The summed E-state index contributed by atoms with van der Waals surface area (Å²) in [5.74, 6) is 1.92. The van der Waals surface area contributed by atoms with Crippen molar-refractivity contribution in [1.82, 2.24) is 5.32 Å². The van der Waals surface area contributed by atoms with Crippen LogP contribution in [0, 0.1) is 17.3 Å². The minimum Gasteiger partial charge on any atom is -0.496 e. The van der Waals surface area contributed by atoms with Crippen LogP contribution in [0.1, 0.15) is 64.0 Å². The monoisotopic (exact) mass is 415 g/mol. The molecule has 0 radical (unpaired) electrons. The Morgan fingerprint density at radius 3 is 2.65 bits per heavy atom. The minimum absolute atomic E-state index is 0.0222. The predicted molar refractivity (Wildman–Crippen MR) is 130 cm³/mol. The first-order valence-corrected chi connectivity index (χ1v) is 12.1. The summed E-state index contributed by atoms with van der Waals surface area (Å²) < 4.78 is 5.87. The van der Waals surface area contributed by atoms with Gasteiger partial charge in [0.25, 0.3) is 0 Å². The molecular formula is C29H37NO. The lowest BCUT2D eigenvalue weighted by Crippen LogP contribution is -2.54. The second-order valence-corrected chi connectivity index (χ2v) is 10.7. The summed E-state index contributed by atoms with van der Waals surface area (Å²) in [6.07, 6.45) is 17.2. The van der Waals surface area contributed by atoms with Crippen molar-refractivity contribution < 1.29 is 4.74 Å². The zero-order valence-corrected chi connectivity index (χ0v) is 19.6. The van der Waals surface area contributed by atoms with Gasteiger partial charge in [0, 0.05) is 23.1 Å². The summed E-state index contributed by atoms with van der Waals surface area (Å²) in [7, 11) is 1.81. The normalized spacial score (nSPS) is 30.6. The zero-order valence-electron chi connectivity index (χ0n) is 19.6. The van der Waals surface area contributed by atoms with E-state index in [1.54, 1.807) is 12.7 Å². The van der Waals surface area contributed by atoms with Crippen LogP contribution in [0.25, 0.3) is 5.57 Å². The number of hydrogen-bond donors (Lipinski definition) is 1. The number of fused-ring (bicyclic) bond motifs is 4. The molecule has 0 amide bonds. The molecule has 4 aliphatic rings. The van der Waals surface area contributed by atoms with E-state index in [4.69, 9.17) is 4.74 Å². The van der Waals surface area contributed by atoms with Crippen LogP contribution in [-0.4, -0.2) is 18.7 Å². The van der Waals surface area contributed by atoms with Gasteiger partial charge in [0.05, 0.1) is 7.11 Å². The van der Waals surface area contributed by atoms with Crippen molar-refractivity contribution in [3.63, 3.8) is 0 Å². The third-order valence-electron chi connectivity index (χ3n) is 8.38. The third kappa shape index (κ3) is 3.26. The lowest BCUT2D eigenvalue weighted by atomic mass is 9.55. The van der Waals surface area contributed by atoms with E-state index in [0.717, 1.165) is 12.2 Å². The van der Waals surface area contributed by atoms with Gasteiger partial charge in [-0.3, -0.25) is 0 Å². The standard InChI is InChI=1S/C29H37NO/c1-6-29(15-8-7-9-16-29)22-17-20-11-10-12-24(31-5)26(20)21-13-14-23-25(27(21)22)19(2)18-28(3,4)30-23/h6,10-14,18,22-23,25,30H,1,7-9,15-17H2,2-5H3. The molecule has 1 N–H and O–H groups in total. The number of allylic oxidation sites excluding steroid dienone is 3. The van der Waals surface area contributed by atoms with Gasteiger partial charge < -0.3 is 10.1 Å². The molecule has 0 aromatic heterocycles. The topological polar surface area (TPSA) is 21.3 Å². The number of hydrogen-bond acceptors (Lipinski definition) is 2. The second-order valence-electron chi connectivity index (χ2n) is 10.7. The highest BCUT2D eigenvalue weighted by Crippen LogP contribution is 2.57. The molecule has 5 rings (SSSR count). The molecule has 3 atom stereocenters. The average Bonchev–Trinajstić information content (AvgIpc) is 2.77. The fourth-order valence-corrected chi connectivity index (χ4v) is 7.16. The molecule has 1 aromatic carbocycles. The molecule has 1 aliphatic heterocycles. The maximum Gasteiger partial charge on any atom is 0.126 e. The Morgan fingerprint density at radius 2 is 1.94 bits per heavy atom. The molecule has 1 fully saturated rings. The van der Waals surface area contributed by atoms with E-state index in [2.05, 4.69) is 75.2 Å². The molecule has 31 heavy (non-hydrogen) atoms. The Morgan fingerprint density at radius 1 is 1.16 bits per heavy atom. The van der Waals surface area contributed by atoms with E-state index >= 15 is 0 Å². The van der Waals surface area contributed by atoms with Gasteiger partial charge in [-0.05, 0) is 74.1 Å². The van der Waals surface area contributed by atoms with Crippen LogP contribution < -0.4 is 10.1 Å². The van der Waals surface area contributed by atoms with Gasteiger partial charge in [0.1, 0.15) is 5.75 Å². The van der Waals surface area contributed by atoms with Crippen molar-refractivity contribution in [1.29, 1.82) is 0 Å². The first kappa shape index (κ1) is 20.8. The highest BCUT2D eigenvalue weighted by molar-refractivity contribution is 5.86. The zero-order chi connectivity index (χ0) is 21.8. The molecule has 0 bridgehead atoms. The number of benzene rings is 1. The number of nitrogens with one attached hydrogen (secondary N) is 1. The second kappa shape index (κ2) is 7.52. The molecule has 3 aliphatic carbocycles. The van der Waals surface area contributed by atoms with Crippen LogP contribution in [0.5, 0.6) is 5.75 Å². The molecule has 0 saturated heterocycles. The predicted octanol–water partition coefficient (Wildman–Crippen LogP) is 6.64. The molecule has 3 unspecified atom stereocenters. The lowest BCUT2D eigenvalue weighted by Gasteiger charge is -2.51. The van der Waals surface area contributed by atoms with Gasteiger partial charge in [-0.25, -0.2) is 0 Å². The summed E-state index contributed by atoms with van der Waals surface area (Å²) in [5, 5.41) is 3.91. The Balaban J connectivity index is 1.75. The number of rotatable bonds is 3. The maximum atomic E-state index is 5.87. The van der Waals surface area contributed by atoms with Crippen LogP contribution in [0.2, 0.25) is 0 Å². The molecule has 1 saturated carbocycles. The molecule has 2 nitrogen and oxygen atoms in total. The fraction of sp³-hybridized carbons (Fsp3) is 0.517. The van der Waals surface area contributed by atoms with Gasteiger partial charge in [-0.2, -0.15) is 0 Å².